The van der Waals surface area contributed by atoms with Crippen molar-refractivity contribution in [1.82, 2.24) is 0 Å². The summed E-state index contributed by atoms with van der Waals surface area (Å²) in [6.45, 7) is 9.23. The highest BCUT2D eigenvalue weighted by molar-refractivity contribution is 5.54. The monoisotopic (exact) mass is 259 g/mol. The summed E-state index contributed by atoms with van der Waals surface area (Å²) in [4.78, 5) is 0. The van der Waals surface area contributed by atoms with Crippen LogP contribution in [0, 0.1) is 5.92 Å². The molecule has 1 atom stereocenters. The third-order valence-electron chi connectivity index (χ3n) is 4.48. The first-order chi connectivity index (χ1) is 8.98. The molecule has 1 aliphatic carbocycles. The zero-order valence-electron chi connectivity index (χ0n) is 13.0. The van der Waals surface area contributed by atoms with Crippen molar-refractivity contribution in [3.8, 4) is 0 Å². The van der Waals surface area contributed by atoms with Gasteiger partial charge in [0.1, 0.15) is 0 Å². The van der Waals surface area contributed by atoms with Gasteiger partial charge in [-0.25, -0.2) is 0 Å². The number of benzene rings is 1. The van der Waals surface area contributed by atoms with Crippen LogP contribution in [0.3, 0.4) is 0 Å². The van der Waals surface area contributed by atoms with E-state index in [1.807, 2.05) is 0 Å². The molecule has 0 aliphatic heterocycles. The van der Waals surface area contributed by atoms with E-state index in [4.69, 9.17) is 0 Å². The van der Waals surface area contributed by atoms with E-state index >= 15 is 0 Å². The average Bonchev–Trinajstić information content (AvgIpc) is 2.39. The molecule has 1 aliphatic rings. The maximum Gasteiger partial charge on any atom is 0.0380 e. The predicted octanol–water partition coefficient (Wildman–Crippen LogP) is 5.36. The summed E-state index contributed by atoms with van der Waals surface area (Å²) in [6.07, 6.45) is 7.05. The van der Waals surface area contributed by atoms with Gasteiger partial charge in [0.05, 0.1) is 0 Å². The minimum Gasteiger partial charge on any atom is -0.382 e. The SMILES string of the molecule is CC(Nc1ccccc1C(C)(C)C)C1CCCCC1. The Balaban J connectivity index is 2.10. The van der Waals surface area contributed by atoms with Crippen LogP contribution >= 0.6 is 0 Å². The highest BCUT2D eigenvalue weighted by atomic mass is 14.9. The molecule has 0 heterocycles. The highest BCUT2D eigenvalue weighted by Crippen LogP contribution is 2.32. The minimum absolute atomic E-state index is 0.204. The van der Waals surface area contributed by atoms with E-state index in [2.05, 4.69) is 57.3 Å². The zero-order chi connectivity index (χ0) is 13.9. The van der Waals surface area contributed by atoms with Gasteiger partial charge in [0, 0.05) is 11.7 Å². The Hall–Kier alpha value is -0.980. The summed E-state index contributed by atoms with van der Waals surface area (Å²) in [7, 11) is 0. The Morgan fingerprint density at radius 1 is 1.05 bits per heavy atom. The molecule has 0 saturated heterocycles. The lowest BCUT2D eigenvalue weighted by atomic mass is 9.83. The van der Waals surface area contributed by atoms with E-state index < -0.39 is 0 Å². The van der Waals surface area contributed by atoms with Gasteiger partial charge in [-0.15, -0.1) is 0 Å². The molecule has 0 spiro atoms. The van der Waals surface area contributed by atoms with E-state index in [9.17, 15) is 0 Å². The lowest BCUT2D eigenvalue weighted by Gasteiger charge is -2.31. The van der Waals surface area contributed by atoms with Crippen LogP contribution in [0.2, 0.25) is 0 Å². The Labute approximate surface area is 118 Å². The topological polar surface area (TPSA) is 12.0 Å². The molecule has 1 N–H and O–H groups in total. The Morgan fingerprint density at radius 2 is 1.68 bits per heavy atom. The first-order valence-electron chi connectivity index (χ1n) is 7.84. The molecule has 1 fully saturated rings. The van der Waals surface area contributed by atoms with Crippen LogP contribution in [-0.4, -0.2) is 6.04 Å². The third-order valence-corrected chi connectivity index (χ3v) is 4.48. The summed E-state index contributed by atoms with van der Waals surface area (Å²) in [6, 6.07) is 9.38. The molecular formula is C18H29N. The number of para-hydroxylation sites is 1. The summed E-state index contributed by atoms with van der Waals surface area (Å²) < 4.78 is 0. The van der Waals surface area contributed by atoms with Crippen LogP contribution in [0.4, 0.5) is 5.69 Å². The van der Waals surface area contributed by atoms with Crippen molar-refractivity contribution >= 4 is 5.69 Å². The molecule has 0 amide bonds. The standard InChI is InChI=1S/C18H29N/c1-14(15-10-6-5-7-11-15)19-17-13-9-8-12-16(17)18(2,3)4/h8-9,12-15,19H,5-7,10-11H2,1-4H3. The average molecular weight is 259 g/mol. The van der Waals surface area contributed by atoms with Gasteiger partial charge < -0.3 is 5.32 Å². The van der Waals surface area contributed by atoms with Crippen molar-refractivity contribution in [1.29, 1.82) is 0 Å². The predicted molar refractivity (Wildman–Crippen MR) is 84.8 cm³/mol. The minimum atomic E-state index is 0.204. The molecule has 1 aromatic carbocycles. The number of hydrogen-bond donors (Lipinski definition) is 1. The summed E-state index contributed by atoms with van der Waals surface area (Å²) in [5.41, 5.74) is 2.96. The maximum atomic E-state index is 3.79. The van der Waals surface area contributed by atoms with Gasteiger partial charge in [0.15, 0.2) is 0 Å². The largest absolute Gasteiger partial charge is 0.382 e. The molecule has 1 saturated carbocycles. The van der Waals surface area contributed by atoms with E-state index in [-0.39, 0.29) is 5.41 Å². The molecule has 1 nitrogen and oxygen atoms in total. The second-order valence-electron chi connectivity index (χ2n) is 7.13. The van der Waals surface area contributed by atoms with Gasteiger partial charge in [-0.1, -0.05) is 58.2 Å². The fourth-order valence-corrected chi connectivity index (χ4v) is 3.26. The molecule has 1 aromatic rings. The van der Waals surface area contributed by atoms with Crippen LogP contribution in [-0.2, 0) is 5.41 Å². The number of anilines is 1. The quantitative estimate of drug-likeness (QED) is 0.770. The highest BCUT2D eigenvalue weighted by Gasteiger charge is 2.22. The molecule has 0 radical (unpaired) electrons. The molecule has 106 valence electrons. The summed E-state index contributed by atoms with van der Waals surface area (Å²) in [5.74, 6) is 0.849. The van der Waals surface area contributed by atoms with Crippen molar-refractivity contribution < 1.29 is 0 Å². The van der Waals surface area contributed by atoms with Crippen molar-refractivity contribution in [2.75, 3.05) is 5.32 Å². The van der Waals surface area contributed by atoms with Crippen LogP contribution in [0.15, 0.2) is 24.3 Å². The fraction of sp³-hybridized carbons (Fsp3) is 0.667. The molecule has 19 heavy (non-hydrogen) atoms. The van der Waals surface area contributed by atoms with Gasteiger partial charge in [0.25, 0.3) is 0 Å². The van der Waals surface area contributed by atoms with Gasteiger partial charge in [-0.3, -0.25) is 0 Å². The van der Waals surface area contributed by atoms with Crippen molar-refractivity contribution in [3.05, 3.63) is 29.8 Å². The third kappa shape index (κ3) is 3.75. The Kier molecular flexibility index (Phi) is 4.54. The Morgan fingerprint density at radius 3 is 2.32 bits per heavy atom. The van der Waals surface area contributed by atoms with Crippen LogP contribution in [0.25, 0.3) is 0 Å². The van der Waals surface area contributed by atoms with E-state index in [1.54, 1.807) is 0 Å². The molecule has 1 heteroatoms. The van der Waals surface area contributed by atoms with Crippen molar-refractivity contribution in [2.45, 2.75) is 71.3 Å². The van der Waals surface area contributed by atoms with Crippen molar-refractivity contribution in [3.63, 3.8) is 0 Å². The molecular weight excluding hydrogens is 230 g/mol. The normalized spacial score (nSPS) is 19.2. The van der Waals surface area contributed by atoms with Crippen LogP contribution < -0.4 is 5.32 Å². The fourth-order valence-electron chi connectivity index (χ4n) is 3.26. The molecule has 0 aromatic heterocycles. The van der Waals surface area contributed by atoms with Crippen LogP contribution in [0.5, 0.6) is 0 Å². The lowest BCUT2D eigenvalue weighted by Crippen LogP contribution is -2.29. The van der Waals surface area contributed by atoms with E-state index in [0.717, 1.165) is 5.92 Å². The van der Waals surface area contributed by atoms with Crippen molar-refractivity contribution in [2.24, 2.45) is 5.92 Å². The second kappa shape index (κ2) is 5.98. The first-order valence-corrected chi connectivity index (χ1v) is 7.84. The molecule has 2 rings (SSSR count). The maximum absolute atomic E-state index is 3.79. The molecule has 0 bridgehead atoms. The van der Waals surface area contributed by atoms with Gasteiger partial charge in [-0.05, 0) is 42.7 Å². The number of rotatable bonds is 3. The Bertz CT molecular complexity index is 396. The number of hydrogen-bond acceptors (Lipinski definition) is 1. The smallest absolute Gasteiger partial charge is 0.0380 e. The lowest BCUT2D eigenvalue weighted by molar-refractivity contribution is 0.328. The van der Waals surface area contributed by atoms with E-state index in [1.165, 1.54) is 43.4 Å². The first kappa shape index (κ1) is 14.4. The summed E-state index contributed by atoms with van der Waals surface area (Å²) in [5, 5.41) is 3.79. The number of nitrogens with one attached hydrogen (secondary N) is 1. The van der Waals surface area contributed by atoms with Gasteiger partial charge in [-0.2, -0.15) is 0 Å². The van der Waals surface area contributed by atoms with Gasteiger partial charge >= 0.3 is 0 Å². The van der Waals surface area contributed by atoms with E-state index in [0.29, 0.717) is 6.04 Å². The second-order valence-corrected chi connectivity index (χ2v) is 7.13. The zero-order valence-corrected chi connectivity index (χ0v) is 13.0. The van der Waals surface area contributed by atoms with Gasteiger partial charge in [0.2, 0.25) is 0 Å². The van der Waals surface area contributed by atoms with Crippen LogP contribution in [0.1, 0.15) is 65.4 Å². The summed E-state index contributed by atoms with van der Waals surface area (Å²) >= 11 is 0. The molecule has 1 unspecified atom stereocenters.